The lowest BCUT2D eigenvalue weighted by atomic mass is 9.84. The molecule has 2 rings (SSSR count). The number of carbonyl (C=O) groups is 1. The Morgan fingerprint density at radius 2 is 1.92 bits per heavy atom. The van der Waals surface area contributed by atoms with E-state index in [9.17, 15) is 13.2 Å². The third-order valence-corrected chi connectivity index (χ3v) is 5.08. The van der Waals surface area contributed by atoms with E-state index in [1.807, 2.05) is 0 Å². The summed E-state index contributed by atoms with van der Waals surface area (Å²) in [7, 11) is -3.62. The maximum absolute atomic E-state index is 12.4. The number of carbonyl (C=O) groups excluding carboxylic acids is 1. The van der Waals surface area contributed by atoms with Crippen LogP contribution in [-0.4, -0.2) is 26.9 Å². The summed E-state index contributed by atoms with van der Waals surface area (Å²) >= 11 is 0. The molecule has 0 aromatic heterocycles. The number of halogens is 1. The van der Waals surface area contributed by atoms with E-state index < -0.39 is 10.0 Å². The van der Waals surface area contributed by atoms with E-state index in [2.05, 4.69) is 5.32 Å². The molecule has 6 nitrogen and oxygen atoms in total. The predicted octanol–water partition coefficient (Wildman–Crippen LogP) is 1.53. The molecule has 0 bridgehead atoms. The Kier molecular flexibility index (Phi) is 8.15. The molecule has 1 saturated carbocycles. The van der Waals surface area contributed by atoms with E-state index in [0.29, 0.717) is 23.6 Å². The van der Waals surface area contributed by atoms with Crippen molar-refractivity contribution >= 4 is 28.3 Å². The van der Waals surface area contributed by atoms with Crippen LogP contribution in [0.3, 0.4) is 0 Å². The molecule has 0 spiro atoms. The van der Waals surface area contributed by atoms with Gasteiger partial charge in [-0.05, 0) is 36.5 Å². The lowest BCUT2D eigenvalue weighted by Gasteiger charge is -2.30. The van der Waals surface area contributed by atoms with Crippen LogP contribution in [-0.2, 0) is 15.8 Å². The van der Waals surface area contributed by atoms with E-state index in [4.69, 9.17) is 10.9 Å². The lowest BCUT2D eigenvalue weighted by molar-refractivity contribution is 0.0915. The molecule has 1 aliphatic rings. The quantitative estimate of drug-likeness (QED) is 0.699. The van der Waals surface area contributed by atoms with Gasteiger partial charge in [0.05, 0.1) is 5.75 Å². The highest BCUT2D eigenvalue weighted by atomic mass is 35.5. The SMILES string of the molecule is Cl.NCC(NC(=O)c1cccc(CS(N)(=O)=O)c1)C1CCCCC1. The summed E-state index contributed by atoms with van der Waals surface area (Å²) in [6, 6.07) is 6.49. The Morgan fingerprint density at radius 1 is 1.25 bits per heavy atom. The van der Waals surface area contributed by atoms with Gasteiger partial charge in [0.1, 0.15) is 0 Å². The van der Waals surface area contributed by atoms with Gasteiger partial charge in [-0.3, -0.25) is 4.79 Å². The van der Waals surface area contributed by atoms with Crippen LogP contribution >= 0.6 is 12.4 Å². The molecule has 24 heavy (non-hydrogen) atoms. The summed E-state index contributed by atoms with van der Waals surface area (Å²) in [5, 5.41) is 8.05. The van der Waals surface area contributed by atoms with Gasteiger partial charge >= 0.3 is 0 Å². The molecule has 1 unspecified atom stereocenters. The van der Waals surface area contributed by atoms with Gasteiger partial charge in [-0.1, -0.05) is 31.4 Å². The predicted molar refractivity (Wildman–Crippen MR) is 97.4 cm³/mol. The molecule has 1 atom stereocenters. The number of rotatable bonds is 6. The Hall–Kier alpha value is -1.15. The number of primary sulfonamides is 1. The highest BCUT2D eigenvalue weighted by Crippen LogP contribution is 2.26. The van der Waals surface area contributed by atoms with Crippen molar-refractivity contribution in [2.45, 2.75) is 43.9 Å². The fraction of sp³-hybridized carbons (Fsp3) is 0.562. The number of hydrogen-bond donors (Lipinski definition) is 3. The summed E-state index contributed by atoms with van der Waals surface area (Å²) in [4.78, 5) is 12.4. The first-order chi connectivity index (χ1) is 10.9. The van der Waals surface area contributed by atoms with E-state index in [-0.39, 0.29) is 30.1 Å². The number of nitrogens with one attached hydrogen (secondary N) is 1. The highest BCUT2D eigenvalue weighted by Gasteiger charge is 2.24. The molecular formula is C16H26ClN3O3S. The largest absolute Gasteiger partial charge is 0.348 e. The van der Waals surface area contributed by atoms with Crippen LogP contribution in [0.4, 0.5) is 0 Å². The monoisotopic (exact) mass is 375 g/mol. The third kappa shape index (κ3) is 6.39. The molecule has 1 aromatic rings. The fourth-order valence-corrected chi connectivity index (χ4v) is 3.84. The van der Waals surface area contributed by atoms with Gasteiger partial charge in [-0.25, -0.2) is 13.6 Å². The Bertz CT molecular complexity index is 646. The normalized spacial score (nSPS) is 16.9. The summed E-state index contributed by atoms with van der Waals surface area (Å²) in [5.74, 6) is -0.0792. The summed E-state index contributed by atoms with van der Waals surface area (Å²) in [6.07, 6.45) is 5.79. The molecule has 1 amide bonds. The molecular weight excluding hydrogens is 350 g/mol. The summed E-state index contributed by atoms with van der Waals surface area (Å²) in [5.41, 5.74) is 6.77. The average Bonchev–Trinajstić information content (AvgIpc) is 2.52. The first-order valence-electron chi connectivity index (χ1n) is 7.99. The van der Waals surface area contributed by atoms with Crippen LogP contribution in [0, 0.1) is 5.92 Å². The number of hydrogen-bond acceptors (Lipinski definition) is 4. The van der Waals surface area contributed by atoms with Crippen molar-refractivity contribution in [1.29, 1.82) is 0 Å². The van der Waals surface area contributed by atoms with Crippen LogP contribution in [0.2, 0.25) is 0 Å². The smallest absolute Gasteiger partial charge is 0.251 e. The standard InChI is InChI=1S/C16H25N3O3S.ClH/c17-10-15(13-6-2-1-3-7-13)19-16(20)14-8-4-5-12(9-14)11-23(18,21)22;/h4-5,8-9,13,15H,1-3,6-7,10-11,17H2,(H,19,20)(H2,18,21,22);1H. The van der Waals surface area contributed by atoms with E-state index in [1.165, 1.54) is 19.3 Å². The van der Waals surface area contributed by atoms with Gasteiger partial charge in [-0.15, -0.1) is 12.4 Å². The van der Waals surface area contributed by atoms with E-state index in [1.54, 1.807) is 24.3 Å². The fourth-order valence-electron chi connectivity index (χ4n) is 3.19. The minimum Gasteiger partial charge on any atom is -0.348 e. The first kappa shape index (κ1) is 20.9. The Labute approximate surface area is 149 Å². The first-order valence-corrected chi connectivity index (χ1v) is 9.71. The molecule has 0 radical (unpaired) electrons. The zero-order valence-corrected chi connectivity index (χ0v) is 15.2. The maximum atomic E-state index is 12.4. The van der Waals surface area contributed by atoms with Crippen LogP contribution in [0.25, 0.3) is 0 Å². The highest BCUT2D eigenvalue weighted by molar-refractivity contribution is 7.88. The van der Waals surface area contributed by atoms with E-state index >= 15 is 0 Å². The number of benzene rings is 1. The molecule has 8 heteroatoms. The van der Waals surface area contributed by atoms with Gasteiger partial charge in [0, 0.05) is 18.2 Å². The zero-order chi connectivity index (χ0) is 16.9. The van der Waals surface area contributed by atoms with Crippen molar-refractivity contribution in [1.82, 2.24) is 5.32 Å². The van der Waals surface area contributed by atoms with Gasteiger partial charge in [0.15, 0.2) is 0 Å². The molecule has 5 N–H and O–H groups in total. The van der Waals surface area contributed by atoms with Gasteiger partial charge in [-0.2, -0.15) is 0 Å². The minimum atomic E-state index is -3.62. The van der Waals surface area contributed by atoms with Crippen molar-refractivity contribution < 1.29 is 13.2 Å². The molecule has 0 saturated heterocycles. The third-order valence-electron chi connectivity index (χ3n) is 4.35. The molecule has 0 heterocycles. The molecule has 1 fully saturated rings. The molecule has 136 valence electrons. The number of nitrogens with two attached hydrogens (primary N) is 2. The van der Waals surface area contributed by atoms with E-state index in [0.717, 1.165) is 12.8 Å². The second-order valence-electron chi connectivity index (χ2n) is 6.22. The van der Waals surface area contributed by atoms with Crippen LogP contribution in [0.5, 0.6) is 0 Å². The Balaban J connectivity index is 0.00000288. The van der Waals surface area contributed by atoms with Crippen molar-refractivity contribution in [3.63, 3.8) is 0 Å². The van der Waals surface area contributed by atoms with Crippen LogP contribution in [0.15, 0.2) is 24.3 Å². The van der Waals surface area contributed by atoms with Crippen LogP contribution < -0.4 is 16.2 Å². The van der Waals surface area contributed by atoms with Crippen molar-refractivity contribution in [2.75, 3.05) is 6.54 Å². The van der Waals surface area contributed by atoms with Gasteiger partial charge < -0.3 is 11.1 Å². The second-order valence-corrected chi connectivity index (χ2v) is 7.84. The number of amides is 1. The van der Waals surface area contributed by atoms with Gasteiger partial charge in [0.2, 0.25) is 10.0 Å². The topological polar surface area (TPSA) is 115 Å². The summed E-state index contributed by atoms with van der Waals surface area (Å²) < 4.78 is 22.3. The van der Waals surface area contributed by atoms with Crippen molar-refractivity contribution in [2.24, 2.45) is 16.8 Å². The van der Waals surface area contributed by atoms with Gasteiger partial charge in [0.25, 0.3) is 5.91 Å². The molecule has 1 aromatic carbocycles. The average molecular weight is 376 g/mol. The zero-order valence-electron chi connectivity index (χ0n) is 13.6. The Morgan fingerprint density at radius 3 is 2.50 bits per heavy atom. The second kappa shape index (κ2) is 9.36. The molecule has 0 aliphatic heterocycles. The minimum absolute atomic E-state index is 0. The summed E-state index contributed by atoms with van der Waals surface area (Å²) in [6.45, 7) is 0.410. The maximum Gasteiger partial charge on any atom is 0.251 e. The number of sulfonamides is 1. The lowest BCUT2D eigenvalue weighted by Crippen LogP contribution is -2.45. The van der Waals surface area contributed by atoms with Crippen molar-refractivity contribution in [3.05, 3.63) is 35.4 Å². The van der Waals surface area contributed by atoms with Crippen molar-refractivity contribution in [3.8, 4) is 0 Å². The van der Waals surface area contributed by atoms with Crippen LogP contribution in [0.1, 0.15) is 48.0 Å². The molecule has 1 aliphatic carbocycles.